The number of ether oxygens (including phenoxy) is 4. The summed E-state index contributed by atoms with van der Waals surface area (Å²) in [6.45, 7) is 1.93. The largest absolute Gasteiger partial charge is 0.480 e. The number of hydrogen-bond acceptors (Lipinski definition) is 14. The molecule has 7 N–H and O–H groups in total. The van der Waals surface area contributed by atoms with Crippen LogP contribution < -0.4 is 16.0 Å². The molecule has 1 unspecified atom stereocenters. The second-order valence-electron chi connectivity index (χ2n) is 13.5. The molecular formula is C36H56F3N7O13S. The van der Waals surface area contributed by atoms with Crippen molar-refractivity contribution in [2.45, 2.75) is 18.6 Å². The molecule has 0 radical (unpaired) electrons. The number of thiocarbonyl (C=S) groups is 1. The van der Waals surface area contributed by atoms with Gasteiger partial charge < -0.3 is 55.3 Å². The fraction of sp³-hybridized carbons (Fsp3) is 0.667. The summed E-state index contributed by atoms with van der Waals surface area (Å²) in [5.74, 6) is -6.36. The van der Waals surface area contributed by atoms with Gasteiger partial charge in [0.05, 0.1) is 79.0 Å². The second-order valence-corrected chi connectivity index (χ2v) is 13.9. The number of carboxylic acid groups (broad SMARTS) is 4. The number of halogens is 3. The van der Waals surface area contributed by atoms with Crippen molar-refractivity contribution >= 4 is 52.8 Å². The van der Waals surface area contributed by atoms with Gasteiger partial charge in [-0.15, -0.1) is 0 Å². The van der Waals surface area contributed by atoms with E-state index in [9.17, 15) is 57.6 Å². The van der Waals surface area contributed by atoms with Gasteiger partial charge in [-0.3, -0.25) is 43.6 Å². The molecule has 0 aromatic heterocycles. The zero-order chi connectivity index (χ0) is 44.3. The van der Waals surface area contributed by atoms with E-state index < -0.39 is 42.0 Å². The Kier molecular flexibility index (Phi) is 25.1. The molecule has 0 saturated carbocycles. The molecule has 60 heavy (non-hydrogen) atoms. The fourth-order valence-electron chi connectivity index (χ4n) is 5.86. The van der Waals surface area contributed by atoms with Gasteiger partial charge in [0.2, 0.25) is 0 Å². The summed E-state index contributed by atoms with van der Waals surface area (Å²) in [6, 6.07) is 6.76. The quantitative estimate of drug-likeness (QED) is 0.0444. The van der Waals surface area contributed by atoms with E-state index in [4.69, 9.17) is 31.2 Å². The van der Waals surface area contributed by atoms with Crippen LogP contribution in [0.2, 0.25) is 0 Å². The average Bonchev–Trinajstić information content (AvgIpc) is 3.15. The van der Waals surface area contributed by atoms with Gasteiger partial charge in [-0.2, -0.15) is 13.2 Å². The van der Waals surface area contributed by atoms with Gasteiger partial charge in [0.15, 0.2) is 5.11 Å². The van der Waals surface area contributed by atoms with Crippen molar-refractivity contribution in [3.63, 3.8) is 0 Å². The van der Waals surface area contributed by atoms with Crippen LogP contribution in [0.15, 0.2) is 24.3 Å². The molecule has 340 valence electrons. The number of carbonyl (C=O) groups excluding carboxylic acids is 1. The minimum Gasteiger partial charge on any atom is -0.480 e. The molecule has 1 atom stereocenters. The SMILES string of the molecule is O=C(O)CN1CCN(CC(=O)O)CCN(CC(=O)O)C(Cc2ccc(NC(=S)NCCOCCOCCOCCOCCNC(=O)C(F)(F)F)cc2)CN(CC(=O)O)CC1. The van der Waals surface area contributed by atoms with Crippen LogP contribution in [0.25, 0.3) is 0 Å². The third kappa shape index (κ3) is 24.7. The van der Waals surface area contributed by atoms with Crippen molar-refractivity contribution in [1.82, 2.24) is 30.2 Å². The smallest absolute Gasteiger partial charge is 0.471 e. The van der Waals surface area contributed by atoms with Crippen LogP contribution in [0.5, 0.6) is 0 Å². The summed E-state index contributed by atoms with van der Waals surface area (Å²) >= 11 is 5.39. The van der Waals surface area contributed by atoms with Gasteiger partial charge in [0.25, 0.3) is 0 Å². The standard InChI is InChI=1S/C36H56F3N7O13S/c37-36(38,39)34(55)40-5-13-56-15-17-58-19-20-59-18-16-57-14-6-41-35(60)42-28-3-1-27(2-4-28)21-29-22-45(25-32(51)52)10-9-43(23-30(47)48)7-8-44(24-31(49)50)11-12-46(29)26-33(53)54/h1-4,29H,5-26H2,(H,40,55)(H,47,48)(H,49,50)(H,51,52)(H,53,54)(H2,41,42,60). The molecule has 20 nitrogen and oxygen atoms in total. The Morgan fingerprint density at radius 2 is 1.03 bits per heavy atom. The van der Waals surface area contributed by atoms with E-state index in [1.165, 1.54) is 0 Å². The highest BCUT2D eigenvalue weighted by molar-refractivity contribution is 7.80. The van der Waals surface area contributed by atoms with E-state index >= 15 is 0 Å². The second kappa shape index (κ2) is 29.1. The minimum absolute atomic E-state index is 0.0814. The molecule has 24 heteroatoms. The Balaban J connectivity index is 1.82. The Hall–Kier alpha value is -4.27. The normalized spacial score (nSPS) is 16.6. The van der Waals surface area contributed by atoms with E-state index in [1.807, 2.05) is 12.1 Å². The lowest BCUT2D eigenvalue weighted by atomic mass is 10.0. The highest BCUT2D eigenvalue weighted by Gasteiger charge is 2.38. The monoisotopic (exact) mass is 883 g/mol. The first-order valence-corrected chi connectivity index (χ1v) is 19.5. The van der Waals surface area contributed by atoms with Crippen molar-refractivity contribution in [3.05, 3.63) is 29.8 Å². The van der Waals surface area contributed by atoms with Crippen molar-refractivity contribution in [2.75, 3.05) is 143 Å². The third-order valence-corrected chi connectivity index (χ3v) is 8.94. The van der Waals surface area contributed by atoms with Crippen molar-refractivity contribution < 1.29 is 76.5 Å². The lowest BCUT2D eigenvalue weighted by molar-refractivity contribution is -0.173. The van der Waals surface area contributed by atoms with Crippen LogP contribution >= 0.6 is 12.2 Å². The summed E-state index contributed by atoms with van der Waals surface area (Å²) < 4.78 is 57.6. The van der Waals surface area contributed by atoms with Gasteiger partial charge in [0, 0.05) is 70.6 Å². The number of rotatable bonds is 26. The van der Waals surface area contributed by atoms with Gasteiger partial charge >= 0.3 is 36.0 Å². The molecule has 0 aliphatic carbocycles. The molecule has 2 rings (SSSR count). The molecule has 0 bridgehead atoms. The third-order valence-electron chi connectivity index (χ3n) is 8.69. The number of nitrogens with one attached hydrogen (secondary N) is 3. The topological polar surface area (TPSA) is 252 Å². The fourth-order valence-corrected chi connectivity index (χ4v) is 6.08. The highest BCUT2D eigenvalue weighted by Crippen LogP contribution is 2.16. The summed E-state index contributed by atoms with van der Waals surface area (Å²) in [6.07, 6.45) is -4.60. The Morgan fingerprint density at radius 3 is 1.50 bits per heavy atom. The molecule has 1 aromatic rings. The highest BCUT2D eigenvalue weighted by atomic mass is 32.1. The Labute approximate surface area is 350 Å². The number of alkyl halides is 3. The van der Waals surface area contributed by atoms with Crippen LogP contribution in [0.1, 0.15) is 5.56 Å². The molecule has 1 saturated heterocycles. The van der Waals surface area contributed by atoms with Crippen LogP contribution in [0, 0.1) is 0 Å². The average molecular weight is 884 g/mol. The van der Waals surface area contributed by atoms with Gasteiger partial charge in [0.1, 0.15) is 0 Å². The van der Waals surface area contributed by atoms with Gasteiger partial charge in [-0.05, 0) is 36.3 Å². The zero-order valence-corrected chi connectivity index (χ0v) is 34.1. The Bertz CT molecular complexity index is 1480. The number of hydrogen-bond donors (Lipinski definition) is 7. The number of carboxylic acids is 4. The summed E-state index contributed by atoms with van der Waals surface area (Å²) in [5, 5.41) is 46.6. The molecule has 1 aromatic carbocycles. The molecule has 1 aliphatic heterocycles. The maximum Gasteiger partial charge on any atom is 0.471 e. The molecular weight excluding hydrogens is 827 g/mol. The first-order chi connectivity index (χ1) is 28.5. The van der Waals surface area contributed by atoms with E-state index in [0.717, 1.165) is 5.56 Å². The van der Waals surface area contributed by atoms with E-state index in [-0.39, 0.29) is 105 Å². The number of amides is 1. The van der Waals surface area contributed by atoms with Crippen molar-refractivity contribution in [3.8, 4) is 0 Å². The Morgan fingerprint density at radius 1 is 0.617 bits per heavy atom. The van der Waals surface area contributed by atoms with Crippen LogP contribution in [0.3, 0.4) is 0 Å². The molecule has 1 heterocycles. The van der Waals surface area contributed by atoms with E-state index in [2.05, 4.69) is 10.6 Å². The van der Waals surface area contributed by atoms with Crippen LogP contribution in [-0.2, 0) is 49.3 Å². The van der Waals surface area contributed by atoms with Crippen LogP contribution in [0.4, 0.5) is 18.9 Å². The summed E-state index contributed by atoms with van der Waals surface area (Å²) in [4.78, 5) is 64.3. The number of carbonyl (C=O) groups is 5. The van der Waals surface area contributed by atoms with Crippen LogP contribution in [-0.4, -0.2) is 225 Å². The predicted molar refractivity (Wildman–Crippen MR) is 212 cm³/mol. The minimum atomic E-state index is -4.93. The lowest BCUT2D eigenvalue weighted by Crippen LogP contribution is -2.53. The number of nitrogens with zero attached hydrogens (tertiary/aromatic N) is 4. The first-order valence-electron chi connectivity index (χ1n) is 19.1. The van der Waals surface area contributed by atoms with Gasteiger partial charge in [-0.25, -0.2) is 0 Å². The van der Waals surface area contributed by atoms with E-state index in [1.54, 1.807) is 37.0 Å². The number of anilines is 1. The molecule has 1 aliphatic rings. The molecule has 1 fully saturated rings. The predicted octanol–water partition coefficient (Wildman–Crippen LogP) is -0.811. The van der Waals surface area contributed by atoms with Crippen molar-refractivity contribution in [1.29, 1.82) is 0 Å². The van der Waals surface area contributed by atoms with E-state index in [0.29, 0.717) is 50.2 Å². The maximum atomic E-state index is 12.1. The summed E-state index contributed by atoms with van der Waals surface area (Å²) in [7, 11) is 0. The van der Waals surface area contributed by atoms with Crippen molar-refractivity contribution in [2.24, 2.45) is 0 Å². The number of aliphatic carboxylic acids is 4. The lowest BCUT2D eigenvalue weighted by Gasteiger charge is -2.37. The molecule has 1 amide bonds. The summed E-state index contributed by atoms with van der Waals surface area (Å²) in [5.41, 5.74) is 1.49. The molecule has 0 spiro atoms. The number of benzene rings is 1. The van der Waals surface area contributed by atoms with Gasteiger partial charge in [-0.1, -0.05) is 12.1 Å². The maximum absolute atomic E-state index is 12.1. The first kappa shape index (κ1) is 51.9. The zero-order valence-electron chi connectivity index (χ0n) is 33.2.